The van der Waals surface area contributed by atoms with Gasteiger partial charge >= 0.3 is 0 Å². The molecule has 1 heterocycles. The molecule has 1 N–H and O–H groups in total. The van der Waals surface area contributed by atoms with Crippen LogP contribution in [0.25, 0.3) is 0 Å². The molecule has 6 heteroatoms. The SMILES string of the molecule is N=[N+]=Nc1ncc(F)cc1F. The number of pyridine rings is 1. The number of rotatable bonds is 1. The van der Waals surface area contributed by atoms with Crippen LogP contribution in [0.4, 0.5) is 14.6 Å². The van der Waals surface area contributed by atoms with Gasteiger partial charge in [0.1, 0.15) is 11.3 Å². The highest BCUT2D eigenvalue weighted by molar-refractivity contribution is 5.26. The quantitative estimate of drug-likeness (QED) is 0.487. The highest BCUT2D eigenvalue weighted by Crippen LogP contribution is 2.12. The van der Waals surface area contributed by atoms with Crippen molar-refractivity contribution in [1.29, 1.82) is 5.53 Å². The van der Waals surface area contributed by atoms with E-state index in [2.05, 4.69) is 15.0 Å². The largest absolute Gasteiger partial charge is 0.277 e. The maximum Gasteiger partial charge on any atom is 0.277 e. The fourth-order valence-corrected chi connectivity index (χ4v) is 0.528. The maximum atomic E-state index is 12.5. The summed E-state index contributed by atoms with van der Waals surface area (Å²) in [6.45, 7) is 0. The van der Waals surface area contributed by atoms with E-state index in [1.165, 1.54) is 0 Å². The van der Waals surface area contributed by atoms with Crippen LogP contribution >= 0.6 is 0 Å². The predicted molar refractivity (Wildman–Crippen MR) is 31.1 cm³/mol. The Balaban J connectivity index is 3.19. The lowest BCUT2D eigenvalue weighted by Crippen LogP contribution is -1.83. The summed E-state index contributed by atoms with van der Waals surface area (Å²) >= 11 is 0. The molecule has 1 rings (SSSR count). The van der Waals surface area contributed by atoms with Gasteiger partial charge in [-0.2, -0.15) is 0 Å². The van der Waals surface area contributed by atoms with Gasteiger partial charge in [-0.05, 0) is 0 Å². The summed E-state index contributed by atoms with van der Waals surface area (Å²) in [5.74, 6) is -2.10. The summed E-state index contributed by atoms with van der Waals surface area (Å²) in [5.41, 5.74) is 6.25. The van der Waals surface area contributed by atoms with Crippen LogP contribution in [0.15, 0.2) is 17.4 Å². The number of halogens is 2. The van der Waals surface area contributed by atoms with Gasteiger partial charge in [-0.1, -0.05) is 0 Å². The van der Waals surface area contributed by atoms with Gasteiger partial charge in [0, 0.05) is 6.07 Å². The highest BCUT2D eigenvalue weighted by Gasteiger charge is 2.07. The van der Waals surface area contributed by atoms with E-state index in [1.54, 1.807) is 0 Å². The summed E-state index contributed by atoms with van der Waals surface area (Å²) < 4.78 is 24.7. The Kier molecular flexibility index (Phi) is 1.98. The average Bonchev–Trinajstić information content (AvgIpc) is 1.95. The number of hydrogen-bond donors (Lipinski definition) is 1. The third-order valence-electron chi connectivity index (χ3n) is 0.933. The molecular weight excluding hydrogens is 154 g/mol. The van der Waals surface area contributed by atoms with Gasteiger partial charge in [0.2, 0.25) is 4.91 Å². The topological polar surface area (TPSA) is 63.2 Å². The van der Waals surface area contributed by atoms with E-state index in [-0.39, 0.29) is 5.82 Å². The van der Waals surface area contributed by atoms with E-state index in [0.717, 1.165) is 6.20 Å². The van der Waals surface area contributed by atoms with E-state index in [4.69, 9.17) is 5.53 Å². The van der Waals surface area contributed by atoms with Crippen LogP contribution in [0.5, 0.6) is 0 Å². The van der Waals surface area contributed by atoms with Crippen molar-refractivity contribution in [2.24, 2.45) is 5.11 Å². The smallest absolute Gasteiger partial charge is 0.225 e. The third-order valence-corrected chi connectivity index (χ3v) is 0.933. The maximum absolute atomic E-state index is 12.5. The fraction of sp³-hybridized carbons (Fsp3) is 0. The summed E-state index contributed by atoms with van der Waals surface area (Å²) in [6, 6.07) is 0.622. The molecule has 0 atom stereocenters. The lowest BCUT2D eigenvalue weighted by atomic mass is 10.4. The van der Waals surface area contributed by atoms with Crippen LogP contribution in [0.1, 0.15) is 0 Å². The van der Waals surface area contributed by atoms with Crippen molar-refractivity contribution in [2.75, 3.05) is 0 Å². The van der Waals surface area contributed by atoms with Crippen LogP contribution in [-0.4, -0.2) is 4.98 Å². The zero-order valence-corrected chi connectivity index (χ0v) is 5.25. The second kappa shape index (κ2) is 2.94. The molecule has 0 aliphatic heterocycles. The van der Waals surface area contributed by atoms with Crippen molar-refractivity contribution in [3.05, 3.63) is 23.9 Å². The molecule has 0 aliphatic carbocycles. The van der Waals surface area contributed by atoms with E-state index < -0.39 is 11.6 Å². The fourth-order valence-electron chi connectivity index (χ4n) is 0.528. The van der Waals surface area contributed by atoms with Crippen LogP contribution < -0.4 is 4.91 Å². The second-order valence-corrected chi connectivity index (χ2v) is 1.66. The summed E-state index contributed by atoms with van der Waals surface area (Å²) in [4.78, 5) is 5.78. The zero-order valence-electron chi connectivity index (χ0n) is 5.25. The normalized spacial score (nSPS) is 8.91. The average molecular weight is 157 g/mol. The molecule has 0 radical (unpaired) electrons. The first-order valence-electron chi connectivity index (χ1n) is 2.62. The number of nitrogens with zero attached hydrogens (tertiary/aromatic N) is 3. The Morgan fingerprint density at radius 1 is 1.55 bits per heavy atom. The van der Waals surface area contributed by atoms with Crippen molar-refractivity contribution in [3.63, 3.8) is 0 Å². The molecule has 4 nitrogen and oxygen atoms in total. The first kappa shape index (κ1) is 7.43. The molecule has 0 saturated heterocycles. The van der Waals surface area contributed by atoms with E-state index in [0.29, 0.717) is 6.07 Å². The van der Waals surface area contributed by atoms with E-state index >= 15 is 0 Å². The van der Waals surface area contributed by atoms with Crippen molar-refractivity contribution >= 4 is 5.82 Å². The standard InChI is InChI=1S/C5H3F2N4/c6-3-1-4(7)5(9-2-3)10-11-8/h1-2,8H/q+1. The number of nitrogens with one attached hydrogen (secondary N) is 1. The van der Waals surface area contributed by atoms with Gasteiger partial charge in [-0.3, -0.25) is 0 Å². The van der Waals surface area contributed by atoms with E-state index in [9.17, 15) is 8.78 Å². The molecule has 11 heavy (non-hydrogen) atoms. The molecule has 0 unspecified atom stereocenters. The van der Waals surface area contributed by atoms with Gasteiger partial charge in [-0.15, -0.1) is 0 Å². The van der Waals surface area contributed by atoms with Gasteiger partial charge in [0.15, 0.2) is 10.9 Å². The van der Waals surface area contributed by atoms with Crippen LogP contribution in [-0.2, 0) is 0 Å². The first-order valence-corrected chi connectivity index (χ1v) is 2.62. The van der Waals surface area contributed by atoms with Crippen LogP contribution in [0.2, 0.25) is 0 Å². The number of hydrogen-bond acceptors (Lipinski definition) is 3. The predicted octanol–water partition coefficient (Wildman–Crippen LogP) is 1.54. The van der Waals surface area contributed by atoms with Gasteiger partial charge < -0.3 is 0 Å². The van der Waals surface area contributed by atoms with Crippen molar-refractivity contribution in [2.45, 2.75) is 0 Å². The third kappa shape index (κ3) is 1.62. The van der Waals surface area contributed by atoms with E-state index in [1.807, 2.05) is 0 Å². The van der Waals surface area contributed by atoms with Crippen LogP contribution in [0, 0.1) is 17.2 Å². The second-order valence-electron chi connectivity index (χ2n) is 1.66. The molecule has 0 bridgehead atoms. The Hall–Kier alpha value is -1.68. The van der Waals surface area contributed by atoms with Gasteiger partial charge in [0.25, 0.3) is 5.82 Å². The molecule has 0 aromatic carbocycles. The molecule has 0 aliphatic rings. The lowest BCUT2D eigenvalue weighted by Gasteiger charge is -1.87. The summed E-state index contributed by atoms with van der Waals surface area (Å²) in [5, 5.41) is 2.99. The Labute approximate surface area is 60.1 Å². The Morgan fingerprint density at radius 3 is 2.82 bits per heavy atom. The Bertz CT molecular complexity index is 318. The van der Waals surface area contributed by atoms with Crippen molar-refractivity contribution < 1.29 is 8.78 Å². The van der Waals surface area contributed by atoms with Crippen molar-refractivity contribution in [1.82, 2.24) is 9.90 Å². The summed E-state index contributed by atoms with van der Waals surface area (Å²) in [6.07, 6.45) is 0.799. The highest BCUT2D eigenvalue weighted by atomic mass is 19.1. The Morgan fingerprint density at radius 2 is 2.27 bits per heavy atom. The van der Waals surface area contributed by atoms with Crippen molar-refractivity contribution in [3.8, 4) is 0 Å². The molecule has 1 aromatic heterocycles. The minimum absolute atomic E-state index is 0.388. The summed E-state index contributed by atoms with van der Waals surface area (Å²) in [7, 11) is 0. The first-order chi connectivity index (χ1) is 5.24. The molecule has 56 valence electrons. The van der Waals surface area contributed by atoms with Gasteiger partial charge in [0.05, 0.1) is 6.20 Å². The molecule has 1 aromatic rings. The zero-order chi connectivity index (χ0) is 8.27. The molecule has 0 fully saturated rings. The molecule has 0 saturated carbocycles. The monoisotopic (exact) mass is 157 g/mol. The lowest BCUT2D eigenvalue weighted by molar-refractivity contribution is 0.573. The number of aromatic nitrogens is 1. The van der Waals surface area contributed by atoms with Crippen LogP contribution in [0.3, 0.4) is 0 Å². The van der Waals surface area contributed by atoms with Gasteiger partial charge in [-0.25, -0.2) is 13.8 Å². The minimum Gasteiger partial charge on any atom is -0.225 e. The molecule has 0 spiro atoms. The molecular formula is C5H3F2N4+. The molecule has 0 amide bonds. The minimum atomic E-state index is -0.930.